The number of hydrogen-bond donors (Lipinski definition) is 3. The largest absolute Gasteiger partial charge is 0.442 e. The molecule has 0 heterocycles. The number of nitrogens with zero attached hydrogens (tertiary/aromatic N) is 1. The lowest BCUT2D eigenvalue weighted by atomic mass is 9.97. The van der Waals surface area contributed by atoms with Crippen LogP contribution in [-0.4, -0.2) is 42.7 Å². The van der Waals surface area contributed by atoms with E-state index in [-0.39, 0.29) is 17.4 Å². The molecule has 5 N–H and O–H groups in total. The first-order valence-electron chi connectivity index (χ1n) is 9.60. The van der Waals surface area contributed by atoms with Crippen molar-refractivity contribution in [3.8, 4) is 0 Å². The van der Waals surface area contributed by atoms with E-state index < -0.39 is 34.4 Å². The second-order valence-electron chi connectivity index (χ2n) is 7.54. The molecule has 8 nitrogen and oxygen atoms in total. The molecule has 2 aromatic carbocycles. The maximum absolute atomic E-state index is 13.6. The summed E-state index contributed by atoms with van der Waals surface area (Å²) in [5.74, 6) is -0.0528. The van der Waals surface area contributed by atoms with Gasteiger partial charge in [0.1, 0.15) is 6.10 Å². The minimum Gasteiger partial charge on any atom is -0.442 e. The van der Waals surface area contributed by atoms with Crippen LogP contribution in [0.4, 0.5) is 10.5 Å². The number of ether oxygens (including phenoxy) is 1. The lowest BCUT2D eigenvalue weighted by Gasteiger charge is -2.37. The van der Waals surface area contributed by atoms with Gasteiger partial charge in [-0.1, -0.05) is 44.2 Å². The smallest absolute Gasteiger partial charge is 0.404 e. The van der Waals surface area contributed by atoms with E-state index in [0.717, 1.165) is 0 Å². The predicted molar refractivity (Wildman–Crippen MR) is 115 cm³/mol. The zero-order valence-electron chi connectivity index (χ0n) is 17.3. The standard InChI is InChI=1S/C21H29N3O5S/c1-14(2)13-24(30(27,28)18-11-9-17(22)10-12-18)19(16-7-5-4-6-8-16)20(15(3)25)29-21(23)26/h4-12,14-15,19-20,25H,13,22H2,1-3H3,(H2,23,26). The summed E-state index contributed by atoms with van der Waals surface area (Å²) < 4.78 is 33.7. The zero-order valence-corrected chi connectivity index (χ0v) is 18.1. The van der Waals surface area contributed by atoms with Crippen LogP contribution >= 0.6 is 0 Å². The summed E-state index contributed by atoms with van der Waals surface area (Å²) in [6.45, 7) is 5.30. The molecule has 30 heavy (non-hydrogen) atoms. The van der Waals surface area contributed by atoms with Crippen molar-refractivity contribution in [3.63, 3.8) is 0 Å². The number of sulfonamides is 1. The minimum atomic E-state index is -4.04. The Balaban J connectivity index is 2.69. The lowest BCUT2D eigenvalue weighted by molar-refractivity contribution is -0.0235. The Bertz CT molecular complexity index is 931. The number of nitrogens with two attached hydrogens (primary N) is 2. The van der Waals surface area contributed by atoms with Crippen LogP contribution in [0, 0.1) is 5.92 Å². The van der Waals surface area contributed by atoms with E-state index in [1.165, 1.54) is 35.5 Å². The topological polar surface area (TPSA) is 136 Å². The van der Waals surface area contributed by atoms with Gasteiger partial charge in [0, 0.05) is 12.2 Å². The number of carbonyl (C=O) groups excluding carboxylic acids is 1. The Morgan fingerprint density at radius 2 is 1.63 bits per heavy atom. The van der Waals surface area contributed by atoms with Gasteiger partial charge in [-0.25, -0.2) is 13.2 Å². The summed E-state index contributed by atoms with van der Waals surface area (Å²) in [6.07, 6.45) is -3.50. The average Bonchev–Trinajstić information content (AvgIpc) is 2.67. The van der Waals surface area contributed by atoms with E-state index in [1.54, 1.807) is 30.3 Å². The lowest BCUT2D eigenvalue weighted by Crippen LogP contribution is -2.48. The highest BCUT2D eigenvalue weighted by Gasteiger charge is 2.41. The van der Waals surface area contributed by atoms with Gasteiger partial charge in [0.25, 0.3) is 0 Å². The highest BCUT2D eigenvalue weighted by Crippen LogP contribution is 2.34. The molecule has 1 amide bonds. The van der Waals surface area contributed by atoms with E-state index in [1.807, 2.05) is 13.8 Å². The molecule has 3 atom stereocenters. The molecule has 0 bridgehead atoms. The first-order valence-corrected chi connectivity index (χ1v) is 11.0. The Morgan fingerprint density at radius 1 is 1.07 bits per heavy atom. The number of hydrogen-bond acceptors (Lipinski definition) is 6. The Labute approximate surface area is 177 Å². The second kappa shape index (κ2) is 9.92. The molecule has 2 rings (SSSR count). The molecule has 0 saturated heterocycles. The van der Waals surface area contributed by atoms with Crippen LogP contribution in [0.25, 0.3) is 0 Å². The first-order chi connectivity index (χ1) is 14.0. The maximum Gasteiger partial charge on any atom is 0.404 e. The van der Waals surface area contributed by atoms with E-state index in [4.69, 9.17) is 16.2 Å². The van der Waals surface area contributed by atoms with Crippen molar-refractivity contribution >= 4 is 21.8 Å². The number of primary amides is 1. The SMILES string of the molecule is CC(C)CN(C(c1ccccc1)C(OC(N)=O)C(C)O)S(=O)(=O)c1ccc(N)cc1. The normalized spacial score (nSPS) is 15.0. The van der Waals surface area contributed by atoms with Gasteiger partial charge in [0.15, 0.2) is 0 Å². The zero-order chi connectivity index (χ0) is 22.5. The molecule has 9 heteroatoms. The molecule has 0 aliphatic carbocycles. The van der Waals surface area contributed by atoms with Crippen molar-refractivity contribution in [2.45, 2.75) is 43.9 Å². The van der Waals surface area contributed by atoms with Crippen molar-refractivity contribution in [1.82, 2.24) is 4.31 Å². The highest BCUT2D eigenvalue weighted by atomic mass is 32.2. The molecule has 2 aromatic rings. The van der Waals surface area contributed by atoms with Crippen molar-refractivity contribution in [3.05, 3.63) is 60.2 Å². The fourth-order valence-electron chi connectivity index (χ4n) is 3.23. The molecule has 0 aliphatic heterocycles. The summed E-state index contributed by atoms with van der Waals surface area (Å²) in [7, 11) is -4.04. The van der Waals surface area contributed by atoms with Crippen molar-refractivity contribution in [2.75, 3.05) is 12.3 Å². The predicted octanol–water partition coefficient (Wildman–Crippen LogP) is 2.50. The molecular weight excluding hydrogens is 406 g/mol. The minimum absolute atomic E-state index is 0.0432. The molecule has 0 fully saturated rings. The number of rotatable bonds is 9. The third kappa shape index (κ3) is 5.71. The van der Waals surface area contributed by atoms with Gasteiger partial charge in [-0.2, -0.15) is 4.31 Å². The molecular formula is C21H29N3O5S. The number of amides is 1. The van der Waals surface area contributed by atoms with Gasteiger partial charge in [0.05, 0.1) is 17.0 Å². The quantitative estimate of drug-likeness (QED) is 0.518. The summed E-state index contributed by atoms with van der Waals surface area (Å²) in [4.78, 5) is 11.6. The van der Waals surface area contributed by atoms with Gasteiger partial charge < -0.3 is 21.3 Å². The fourth-order valence-corrected chi connectivity index (χ4v) is 5.01. The van der Waals surface area contributed by atoms with Crippen LogP contribution in [-0.2, 0) is 14.8 Å². The van der Waals surface area contributed by atoms with E-state index >= 15 is 0 Å². The average molecular weight is 436 g/mol. The fraction of sp³-hybridized carbons (Fsp3) is 0.381. The van der Waals surface area contributed by atoms with Gasteiger partial charge in [-0.05, 0) is 42.7 Å². The van der Waals surface area contributed by atoms with Crippen LogP contribution in [0.15, 0.2) is 59.5 Å². The number of carbonyl (C=O) groups is 1. The van der Waals surface area contributed by atoms with Crippen LogP contribution in [0.5, 0.6) is 0 Å². The molecule has 0 radical (unpaired) electrons. The van der Waals surface area contributed by atoms with Gasteiger partial charge >= 0.3 is 6.09 Å². The number of aliphatic hydroxyl groups is 1. The number of aliphatic hydroxyl groups excluding tert-OH is 1. The van der Waals surface area contributed by atoms with Crippen LogP contribution in [0.2, 0.25) is 0 Å². The summed E-state index contributed by atoms with van der Waals surface area (Å²) in [6, 6.07) is 13.6. The number of nitrogen functional groups attached to an aromatic ring is 1. The maximum atomic E-state index is 13.6. The number of anilines is 1. The molecule has 0 aromatic heterocycles. The van der Waals surface area contributed by atoms with Crippen LogP contribution in [0.3, 0.4) is 0 Å². The third-order valence-electron chi connectivity index (χ3n) is 4.52. The molecule has 0 spiro atoms. The van der Waals surface area contributed by atoms with E-state index in [2.05, 4.69) is 0 Å². The Morgan fingerprint density at radius 3 is 2.10 bits per heavy atom. The summed E-state index contributed by atoms with van der Waals surface area (Å²) in [5.41, 5.74) is 11.9. The molecule has 0 saturated carbocycles. The molecule has 3 unspecified atom stereocenters. The molecule has 164 valence electrons. The van der Waals surface area contributed by atoms with Crippen LogP contribution in [0.1, 0.15) is 32.4 Å². The number of benzene rings is 2. The van der Waals surface area contributed by atoms with Crippen molar-refractivity contribution in [2.24, 2.45) is 11.7 Å². The van der Waals surface area contributed by atoms with Gasteiger partial charge in [-0.3, -0.25) is 0 Å². The van der Waals surface area contributed by atoms with Gasteiger partial charge in [0.2, 0.25) is 10.0 Å². The monoisotopic (exact) mass is 435 g/mol. The summed E-state index contributed by atoms with van der Waals surface area (Å²) >= 11 is 0. The summed E-state index contributed by atoms with van der Waals surface area (Å²) in [5, 5.41) is 10.4. The first kappa shape index (κ1) is 23.7. The van der Waals surface area contributed by atoms with Crippen LogP contribution < -0.4 is 11.5 Å². The highest BCUT2D eigenvalue weighted by molar-refractivity contribution is 7.89. The van der Waals surface area contributed by atoms with E-state index in [9.17, 15) is 18.3 Å². The Kier molecular flexibility index (Phi) is 7.83. The third-order valence-corrected chi connectivity index (χ3v) is 6.38. The van der Waals surface area contributed by atoms with Crippen molar-refractivity contribution in [1.29, 1.82) is 0 Å². The second-order valence-corrected chi connectivity index (χ2v) is 9.43. The van der Waals surface area contributed by atoms with E-state index in [0.29, 0.717) is 11.3 Å². The molecule has 0 aliphatic rings. The Hall–Kier alpha value is -2.62. The van der Waals surface area contributed by atoms with Crippen molar-refractivity contribution < 1.29 is 23.1 Å². The van der Waals surface area contributed by atoms with Gasteiger partial charge in [-0.15, -0.1) is 0 Å².